The van der Waals surface area contributed by atoms with Crippen molar-refractivity contribution in [2.45, 2.75) is 26.5 Å². The number of hydrogen-bond donors (Lipinski definition) is 2. The minimum Gasteiger partial charge on any atom is -0.392 e. The van der Waals surface area contributed by atoms with Crippen LogP contribution in [0.4, 0.5) is 5.69 Å². The highest BCUT2D eigenvalue weighted by Crippen LogP contribution is 2.29. The van der Waals surface area contributed by atoms with Gasteiger partial charge in [-0.3, -0.25) is 0 Å². The zero-order valence-electron chi connectivity index (χ0n) is 8.14. The molecule has 14 heavy (non-hydrogen) atoms. The first-order valence-corrected chi connectivity index (χ1v) is 5.15. The Morgan fingerprint density at radius 3 is 2.36 bits per heavy atom. The highest BCUT2D eigenvalue weighted by molar-refractivity contribution is 6.42. The van der Waals surface area contributed by atoms with Crippen LogP contribution < -0.4 is 5.32 Å². The number of hydrogen-bond acceptors (Lipinski definition) is 2. The van der Waals surface area contributed by atoms with Gasteiger partial charge in [0, 0.05) is 17.3 Å². The Kier molecular flexibility index (Phi) is 4.05. The first kappa shape index (κ1) is 11.6. The predicted molar refractivity (Wildman–Crippen MR) is 61.1 cm³/mol. The maximum absolute atomic E-state index is 9.10. The maximum atomic E-state index is 9.10. The number of halogens is 2. The van der Waals surface area contributed by atoms with Gasteiger partial charge in [0.25, 0.3) is 0 Å². The molecule has 0 atom stereocenters. The molecule has 0 aliphatic rings. The van der Waals surface area contributed by atoms with Crippen molar-refractivity contribution in [3.8, 4) is 0 Å². The molecular weight excluding hydrogens is 221 g/mol. The van der Waals surface area contributed by atoms with Crippen molar-refractivity contribution >= 4 is 28.9 Å². The lowest BCUT2D eigenvalue weighted by Gasteiger charge is -2.14. The molecule has 0 bridgehead atoms. The standard InChI is InChI=1S/C10H13Cl2NO/c1-6(2)13-10-4-9(12)8(11)3-7(10)5-14/h3-4,6,13-14H,5H2,1-2H3. The lowest BCUT2D eigenvalue weighted by molar-refractivity contribution is 0.282. The smallest absolute Gasteiger partial charge is 0.0702 e. The van der Waals surface area contributed by atoms with Crippen molar-refractivity contribution in [3.63, 3.8) is 0 Å². The summed E-state index contributed by atoms with van der Waals surface area (Å²) >= 11 is 11.7. The van der Waals surface area contributed by atoms with Crippen LogP contribution in [-0.4, -0.2) is 11.1 Å². The van der Waals surface area contributed by atoms with Gasteiger partial charge in [-0.05, 0) is 26.0 Å². The van der Waals surface area contributed by atoms with Crippen molar-refractivity contribution in [3.05, 3.63) is 27.7 Å². The highest BCUT2D eigenvalue weighted by atomic mass is 35.5. The number of nitrogens with one attached hydrogen (secondary N) is 1. The van der Waals surface area contributed by atoms with Crippen molar-refractivity contribution in [2.75, 3.05) is 5.32 Å². The summed E-state index contributed by atoms with van der Waals surface area (Å²) in [4.78, 5) is 0. The van der Waals surface area contributed by atoms with Gasteiger partial charge in [0.05, 0.1) is 16.7 Å². The van der Waals surface area contributed by atoms with E-state index in [2.05, 4.69) is 5.32 Å². The first-order valence-electron chi connectivity index (χ1n) is 4.40. The van der Waals surface area contributed by atoms with Crippen LogP contribution >= 0.6 is 23.2 Å². The van der Waals surface area contributed by atoms with Crippen LogP contribution in [0.25, 0.3) is 0 Å². The number of aliphatic hydroxyl groups excluding tert-OH is 1. The van der Waals surface area contributed by atoms with E-state index >= 15 is 0 Å². The van der Waals surface area contributed by atoms with E-state index in [0.29, 0.717) is 10.0 Å². The summed E-state index contributed by atoms with van der Waals surface area (Å²) in [5, 5.41) is 13.2. The molecule has 0 aromatic heterocycles. The summed E-state index contributed by atoms with van der Waals surface area (Å²) in [7, 11) is 0. The molecule has 0 unspecified atom stereocenters. The maximum Gasteiger partial charge on any atom is 0.0702 e. The highest BCUT2D eigenvalue weighted by Gasteiger charge is 2.07. The van der Waals surface area contributed by atoms with Crippen molar-refractivity contribution in [2.24, 2.45) is 0 Å². The molecule has 0 fully saturated rings. The fourth-order valence-corrected chi connectivity index (χ4v) is 1.51. The molecule has 1 rings (SSSR count). The van der Waals surface area contributed by atoms with Crippen molar-refractivity contribution in [1.29, 1.82) is 0 Å². The van der Waals surface area contributed by atoms with Crippen molar-refractivity contribution < 1.29 is 5.11 Å². The van der Waals surface area contributed by atoms with Crippen LogP contribution in [0.3, 0.4) is 0 Å². The zero-order valence-corrected chi connectivity index (χ0v) is 9.65. The summed E-state index contributed by atoms with van der Waals surface area (Å²) in [5.41, 5.74) is 1.59. The summed E-state index contributed by atoms with van der Waals surface area (Å²) in [6.07, 6.45) is 0. The van der Waals surface area contributed by atoms with E-state index < -0.39 is 0 Å². The monoisotopic (exact) mass is 233 g/mol. The Hall–Kier alpha value is -0.440. The van der Waals surface area contributed by atoms with E-state index in [-0.39, 0.29) is 12.6 Å². The van der Waals surface area contributed by atoms with Gasteiger partial charge in [-0.25, -0.2) is 0 Å². The molecular formula is C10H13Cl2NO. The largest absolute Gasteiger partial charge is 0.392 e. The third kappa shape index (κ3) is 2.77. The lowest BCUT2D eigenvalue weighted by atomic mass is 10.1. The molecule has 2 nitrogen and oxygen atoms in total. The first-order chi connectivity index (χ1) is 6.54. The average molecular weight is 234 g/mol. The van der Waals surface area contributed by atoms with Crippen LogP contribution in [0.15, 0.2) is 12.1 Å². The molecule has 1 aromatic carbocycles. The number of aliphatic hydroxyl groups is 1. The molecule has 0 saturated heterocycles. The summed E-state index contributed by atoms with van der Waals surface area (Å²) in [6.45, 7) is 3.99. The van der Waals surface area contributed by atoms with Crippen LogP contribution in [-0.2, 0) is 6.61 Å². The van der Waals surface area contributed by atoms with Crippen LogP contribution in [0.5, 0.6) is 0 Å². The van der Waals surface area contributed by atoms with Crippen LogP contribution in [0, 0.1) is 0 Å². The molecule has 0 radical (unpaired) electrons. The average Bonchev–Trinajstić information content (AvgIpc) is 2.10. The van der Waals surface area contributed by atoms with Crippen LogP contribution in [0.1, 0.15) is 19.4 Å². The van der Waals surface area contributed by atoms with Gasteiger partial charge in [-0.2, -0.15) is 0 Å². The second-order valence-electron chi connectivity index (χ2n) is 3.38. The molecule has 2 N–H and O–H groups in total. The van der Waals surface area contributed by atoms with Crippen LogP contribution in [0.2, 0.25) is 10.0 Å². The molecule has 0 spiro atoms. The number of benzene rings is 1. The third-order valence-corrected chi connectivity index (χ3v) is 2.48. The third-order valence-electron chi connectivity index (χ3n) is 1.76. The minimum absolute atomic E-state index is 0.0497. The van der Waals surface area contributed by atoms with Gasteiger partial charge in [0.15, 0.2) is 0 Å². The quantitative estimate of drug-likeness (QED) is 0.840. The van der Waals surface area contributed by atoms with Gasteiger partial charge >= 0.3 is 0 Å². The molecule has 0 aliphatic heterocycles. The van der Waals surface area contributed by atoms with Gasteiger partial charge in [-0.15, -0.1) is 0 Å². The Balaban J connectivity index is 3.07. The SMILES string of the molecule is CC(C)Nc1cc(Cl)c(Cl)cc1CO. The van der Waals surface area contributed by atoms with E-state index in [1.807, 2.05) is 13.8 Å². The summed E-state index contributed by atoms with van der Waals surface area (Å²) in [5.74, 6) is 0. The number of anilines is 1. The van der Waals surface area contributed by atoms with Crippen molar-refractivity contribution in [1.82, 2.24) is 0 Å². The fraction of sp³-hybridized carbons (Fsp3) is 0.400. The van der Waals surface area contributed by atoms with E-state index in [1.54, 1.807) is 12.1 Å². The molecule has 0 aliphatic carbocycles. The molecule has 0 amide bonds. The van der Waals surface area contributed by atoms with Gasteiger partial charge < -0.3 is 10.4 Å². The molecule has 1 aromatic rings. The minimum atomic E-state index is -0.0497. The van der Waals surface area contributed by atoms with E-state index in [9.17, 15) is 0 Å². The lowest BCUT2D eigenvalue weighted by Crippen LogP contribution is -2.11. The predicted octanol–water partition coefficient (Wildman–Crippen LogP) is 3.31. The Morgan fingerprint density at radius 2 is 1.86 bits per heavy atom. The molecule has 4 heteroatoms. The van der Waals surface area contributed by atoms with E-state index in [4.69, 9.17) is 28.3 Å². The molecule has 0 heterocycles. The van der Waals surface area contributed by atoms with E-state index in [1.165, 1.54) is 0 Å². The Labute approximate surface area is 93.8 Å². The van der Waals surface area contributed by atoms with Gasteiger partial charge in [0.1, 0.15) is 0 Å². The van der Waals surface area contributed by atoms with Gasteiger partial charge in [-0.1, -0.05) is 23.2 Å². The van der Waals surface area contributed by atoms with Gasteiger partial charge in [0.2, 0.25) is 0 Å². The topological polar surface area (TPSA) is 32.3 Å². The molecule has 0 saturated carbocycles. The second kappa shape index (κ2) is 4.87. The second-order valence-corrected chi connectivity index (χ2v) is 4.20. The Morgan fingerprint density at radius 1 is 1.29 bits per heavy atom. The summed E-state index contributed by atoms with van der Waals surface area (Å²) < 4.78 is 0. The Bertz CT molecular complexity index is 326. The summed E-state index contributed by atoms with van der Waals surface area (Å²) in [6, 6.07) is 3.70. The number of rotatable bonds is 3. The normalized spacial score (nSPS) is 10.7. The fourth-order valence-electron chi connectivity index (χ4n) is 1.16. The zero-order chi connectivity index (χ0) is 10.7. The molecule has 78 valence electrons. The van der Waals surface area contributed by atoms with E-state index in [0.717, 1.165) is 11.3 Å².